The minimum absolute atomic E-state index is 0.288. The van der Waals surface area contributed by atoms with Crippen LogP contribution in [-0.4, -0.2) is 27.7 Å². The van der Waals surface area contributed by atoms with Crippen LogP contribution in [0.3, 0.4) is 0 Å². The summed E-state index contributed by atoms with van der Waals surface area (Å²) in [6.45, 7) is 2.70. The summed E-state index contributed by atoms with van der Waals surface area (Å²) in [5, 5.41) is 12.8. The molecule has 0 bridgehead atoms. The van der Waals surface area contributed by atoms with Crippen LogP contribution in [0.1, 0.15) is 18.1 Å². The molecule has 0 spiro atoms. The lowest BCUT2D eigenvalue weighted by molar-refractivity contribution is 0.269. The zero-order valence-corrected chi connectivity index (χ0v) is 17.4. The second kappa shape index (κ2) is 9.21. The number of rotatable bonds is 7. The third-order valence-electron chi connectivity index (χ3n) is 3.50. The fourth-order valence-electron chi connectivity index (χ4n) is 2.21. The minimum Gasteiger partial charge on any atom is -0.490 e. The van der Waals surface area contributed by atoms with Gasteiger partial charge in [-0.05, 0) is 47.1 Å². The number of benzene rings is 2. The summed E-state index contributed by atoms with van der Waals surface area (Å²) in [6.07, 6.45) is 4.68. The minimum atomic E-state index is 0.288. The molecule has 9 heteroatoms. The van der Waals surface area contributed by atoms with Crippen molar-refractivity contribution in [3.63, 3.8) is 0 Å². The van der Waals surface area contributed by atoms with Crippen LogP contribution in [0.5, 0.6) is 11.5 Å². The van der Waals surface area contributed by atoms with Crippen molar-refractivity contribution in [3.05, 3.63) is 68.6 Å². The number of hydrogen-bond donors (Lipinski definition) is 0. The van der Waals surface area contributed by atoms with Gasteiger partial charge < -0.3 is 9.47 Å². The van der Waals surface area contributed by atoms with E-state index in [2.05, 4.69) is 31.2 Å². The SMILES string of the molecule is CCOc1cc(C=Nn2cnnc2)c(Br)cc1OCc1ccc(Cl)cc1Cl. The summed E-state index contributed by atoms with van der Waals surface area (Å²) in [7, 11) is 0. The quantitative estimate of drug-likeness (QED) is 0.445. The zero-order valence-electron chi connectivity index (χ0n) is 14.3. The molecule has 6 nitrogen and oxygen atoms in total. The van der Waals surface area contributed by atoms with E-state index in [1.807, 2.05) is 25.1 Å². The molecule has 0 amide bonds. The molecular formula is C18H15BrCl2N4O2. The van der Waals surface area contributed by atoms with Crippen molar-refractivity contribution < 1.29 is 9.47 Å². The molecular weight excluding hydrogens is 455 g/mol. The van der Waals surface area contributed by atoms with Crippen molar-refractivity contribution >= 4 is 45.3 Å². The summed E-state index contributed by atoms with van der Waals surface area (Å²) in [4.78, 5) is 0. The largest absolute Gasteiger partial charge is 0.490 e. The molecule has 0 aliphatic carbocycles. The van der Waals surface area contributed by atoms with Crippen LogP contribution in [0, 0.1) is 0 Å². The Morgan fingerprint density at radius 2 is 1.85 bits per heavy atom. The molecule has 3 aromatic rings. The van der Waals surface area contributed by atoms with Gasteiger partial charge in [0, 0.05) is 25.6 Å². The molecule has 27 heavy (non-hydrogen) atoms. The lowest BCUT2D eigenvalue weighted by atomic mass is 10.2. The van der Waals surface area contributed by atoms with Gasteiger partial charge in [0.15, 0.2) is 11.5 Å². The Bertz CT molecular complexity index is 949. The van der Waals surface area contributed by atoms with E-state index in [-0.39, 0.29) is 6.61 Å². The Morgan fingerprint density at radius 1 is 1.11 bits per heavy atom. The van der Waals surface area contributed by atoms with Gasteiger partial charge in [-0.3, -0.25) is 0 Å². The highest BCUT2D eigenvalue weighted by molar-refractivity contribution is 9.10. The predicted octanol–water partition coefficient (Wildman–Crippen LogP) is 5.21. The summed E-state index contributed by atoms with van der Waals surface area (Å²) in [5.74, 6) is 1.20. The monoisotopic (exact) mass is 468 g/mol. The van der Waals surface area contributed by atoms with E-state index in [1.54, 1.807) is 18.3 Å². The van der Waals surface area contributed by atoms with Gasteiger partial charge in [-0.15, -0.1) is 10.2 Å². The van der Waals surface area contributed by atoms with Gasteiger partial charge in [0.1, 0.15) is 19.3 Å². The molecule has 0 radical (unpaired) electrons. The van der Waals surface area contributed by atoms with Crippen molar-refractivity contribution in [2.45, 2.75) is 13.5 Å². The van der Waals surface area contributed by atoms with E-state index in [9.17, 15) is 0 Å². The highest BCUT2D eigenvalue weighted by Gasteiger charge is 2.11. The van der Waals surface area contributed by atoms with E-state index >= 15 is 0 Å². The second-order valence-corrected chi connectivity index (χ2v) is 7.06. The van der Waals surface area contributed by atoms with Crippen LogP contribution >= 0.6 is 39.1 Å². The first-order valence-corrected chi connectivity index (χ1v) is 9.53. The van der Waals surface area contributed by atoms with Crippen LogP contribution in [0.15, 0.2) is 52.6 Å². The summed E-state index contributed by atoms with van der Waals surface area (Å²) >= 11 is 15.7. The fraction of sp³-hybridized carbons (Fsp3) is 0.167. The third kappa shape index (κ3) is 5.22. The normalized spacial score (nSPS) is 11.1. The van der Waals surface area contributed by atoms with Gasteiger partial charge in [-0.1, -0.05) is 29.3 Å². The first-order chi connectivity index (χ1) is 13.1. The Labute approximate surface area is 174 Å². The lowest BCUT2D eigenvalue weighted by Crippen LogP contribution is -2.02. The van der Waals surface area contributed by atoms with E-state index in [0.29, 0.717) is 28.2 Å². The molecule has 1 aromatic heterocycles. The molecule has 0 aliphatic heterocycles. The first kappa shape index (κ1) is 19.7. The van der Waals surface area contributed by atoms with Crippen LogP contribution < -0.4 is 9.47 Å². The lowest BCUT2D eigenvalue weighted by Gasteiger charge is -2.14. The fourth-order valence-corrected chi connectivity index (χ4v) is 3.10. The smallest absolute Gasteiger partial charge is 0.162 e. The maximum absolute atomic E-state index is 6.21. The van der Waals surface area contributed by atoms with Crippen LogP contribution in [0.4, 0.5) is 0 Å². The van der Waals surface area contributed by atoms with Gasteiger partial charge in [0.2, 0.25) is 0 Å². The van der Waals surface area contributed by atoms with Gasteiger partial charge in [-0.2, -0.15) is 5.10 Å². The molecule has 0 atom stereocenters. The summed E-state index contributed by atoms with van der Waals surface area (Å²) < 4.78 is 14.0. The summed E-state index contributed by atoms with van der Waals surface area (Å²) in [5.41, 5.74) is 1.65. The van der Waals surface area contributed by atoms with Crippen molar-refractivity contribution in [2.24, 2.45) is 5.10 Å². The van der Waals surface area contributed by atoms with Crippen molar-refractivity contribution in [1.29, 1.82) is 0 Å². The Hall–Kier alpha value is -2.09. The van der Waals surface area contributed by atoms with E-state index in [4.69, 9.17) is 32.7 Å². The molecule has 0 unspecified atom stereocenters. The number of halogens is 3. The molecule has 0 saturated carbocycles. The number of aromatic nitrogens is 3. The molecule has 0 fully saturated rings. The second-order valence-electron chi connectivity index (χ2n) is 5.36. The molecule has 0 aliphatic rings. The van der Waals surface area contributed by atoms with E-state index in [0.717, 1.165) is 15.6 Å². The molecule has 140 valence electrons. The maximum Gasteiger partial charge on any atom is 0.162 e. The number of hydrogen-bond acceptors (Lipinski definition) is 5. The van der Waals surface area contributed by atoms with Crippen molar-refractivity contribution in [2.75, 3.05) is 6.61 Å². The highest BCUT2D eigenvalue weighted by Crippen LogP contribution is 2.34. The molecule has 2 aromatic carbocycles. The molecule has 1 heterocycles. The standard InChI is InChI=1S/C18H15BrCl2N4O2/c1-2-26-17-5-13(8-24-25-10-22-23-11-25)15(19)7-18(17)27-9-12-3-4-14(20)6-16(12)21/h3-8,10-11H,2,9H2,1H3. The van der Waals surface area contributed by atoms with E-state index < -0.39 is 0 Å². The number of nitrogens with zero attached hydrogens (tertiary/aromatic N) is 4. The Balaban J connectivity index is 1.82. The van der Waals surface area contributed by atoms with Crippen molar-refractivity contribution in [1.82, 2.24) is 14.9 Å². The van der Waals surface area contributed by atoms with Gasteiger partial charge in [0.05, 0.1) is 12.8 Å². The van der Waals surface area contributed by atoms with Crippen LogP contribution in [0.25, 0.3) is 0 Å². The Morgan fingerprint density at radius 3 is 2.56 bits per heavy atom. The maximum atomic E-state index is 6.21. The average molecular weight is 470 g/mol. The summed E-state index contributed by atoms with van der Waals surface area (Å²) in [6, 6.07) is 8.98. The average Bonchev–Trinajstić information content (AvgIpc) is 3.15. The Kier molecular flexibility index (Phi) is 6.71. The zero-order chi connectivity index (χ0) is 19.2. The highest BCUT2D eigenvalue weighted by atomic mass is 79.9. The van der Waals surface area contributed by atoms with Gasteiger partial charge >= 0.3 is 0 Å². The number of ether oxygens (including phenoxy) is 2. The molecule has 0 saturated heterocycles. The van der Waals surface area contributed by atoms with Gasteiger partial charge in [0.25, 0.3) is 0 Å². The first-order valence-electron chi connectivity index (χ1n) is 7.99. The molecule has 0 N–H and O–H groups in total. The van der Waals surface area contributed by atoms with Crippen LogP contribution in [0.2, 0.25) is 10.0 Å². The molecule has 3 rings (SSSR count). The third-order valence-corrected chi connectivity index (χ3v) is 4.77. The van der Waals surface area contributed by atoms with Crippen LogP contribution in [-0.2, 0) is 6.61 Å². The van der Waals surface area contributed by atoms with E-state index in [1.165, 1.54) is 17.3 Å². The van der Waals surface area contributed by atoms with Crippen molar-refractivity contribution in [3.8, 4) is 11.5 Å². The van der Waals surface area contributed by atoms with Gasteiger partial charge in [-0.25, -0.2) is 4.68 Å². The predicted molar refractivity (Wildman–Crippen MR) is 109 cm³/mol. The topological polar surface area (TPSA) is 61.5 Å².